The van der Waals surface area contributed by atoms with Crippen molar-refractivity contribution in [2.24, 2.45) is 0 Å². The van der Waals surface area contributed by atoms with Crippen molar-refractivity contribution in [2.45, 2.75) is 31.7 Å². The van der Waals surface area contributed by atoms with Gasteiger partial charge in [-0.15, -0.1) is 0 Å². The lowest BCUT2D eigenvalue weighted by Crippen LogP contribution is -2.33. The summed E-state index contributed by atoms with van der Waals surface area (Å²) in [5.41, 5.74) is 1.24. The molecule has 0 aliphatic rings. The first-order chi connectivity index (χ1) is 13.1. The third-order valence-corrected chi connectivity index (χ3v) is 6.62. The number of nitrogens with zero attached hydrogens (tertiary/aromatic N) is 1. The number of carbonyl (C=O) groups is 1. The fraction of sp³-hybridized carbons (Fsp3) is 0.350. The van der Waals surface area contributed by atoms with Gasteiger partial charge in [-0.3, -0.25) is 4.79 Å². The Morgan fingerprint density at radius 1 is 1.18 bits per heavy atom. The number of halogens is 1. The molecule has 0 saturated heterocycles. The fourth-order valence-corrected chi connectivity index (χ4v) is 3.94. The minimum Gasteiger partial charge on any atom is -0.492 e. The Morgan fingerprint density at radius 2 is 1.82 bits per heavy atom. The van der Waals surface area contributed by atoms with Gasteiger partial charge in [0, 0.05) is 13.1 Å². The lowest BCUT2D eigenvalue weighted by Gasteiger charge is -2.21. The van der Waals surface area contributed by atoms with Crippen molar-refractivity contribution >= 4 is 27.5 Å². The number of hydrogen-bond acceptors (Lipinski definition) is 4. The summed E-state index contributed by atoms with van der Waals surface area (Å²) in [6.07, 6.45) is 0. The normalized spacial score (nSPS) is 11.7. The molecule has 28 heavy (non-hydrogen) atoms. The Balaban J connectivity index is 2.03. The van der Waals surface area contributed by atoms with Crippen LogP contribution in [-0.4, -0.2) is 44.9 Å². The van der Waals surface area contributed by atoms with Crippen LogP contribution < -0.4 is 10.1 Å². The van der Waals surface area contributed by atoms with Gasteiger partial charge in [0.2, 0.25) is 10.0 Å². The first kappa shape index (κ1) is 22.2. The van der Waals surface area contributed by atoms with Crippen LogP contribution in [0.2, 0.25) is 5.02 Å². The predicted molar refractivity (Wildman–Crippen MR) is 111 cm³/mol. The lowest BCUT2D eigenvalue weighted by atomic mass is 10.2. The molecule has 6 nitrogen and oxygen atoms in total. The van der Waals surface area contributed by atoms with Crippen LogP contribution >= 0.6 is 11.6 Å². The second-order valence-corrected chi connectivity index (χ2v) is 9.08. The Hall–Kier alpha value is -2.09. The van der Waals surface area contributed by atoms with E-state index in [0.29, 0.717) is 5.75 Å². The molecule has 2 rings (SSSR count). The molecular weight excluding hydrogens is 400 g/mol. The molecule has 0 radical (unpaired) electrons. The van der Waals surface area contributed by atoms with Gasteiger partial charge >= 0.3 is 0 Å². The number of rotatable bonds is 8. The molecule has 0 aromatic heterocycles. The average Bonchev–Trinajstić information content (AvgIpc) is 2.65. The van der Waals surface area contributed by atoms with Gasteiger partial charge in [-0.05, 0) is 51.1 Å². The van der Waals surface area contributed by atoms with Crippen LogP contribution in [0.25, 0.3) is 0 Å². The van der Waals surface area contributed by atoms with Crippen LogP contribution in [0, 0.1) is 6.92 Å². The minimum absolute atomic E-state index is 0.0224. The third-order valence-electron chi connectivity index (χ3n) is 4.26. The molecular formula is C20H25ClN2O4S. The van der Waals surface area contributed by atoms with E-state index < -0.39 is 15.9 Å². The summed E-state index contributed by atoms with van der Waals surface area (Å²) >= 11 is 6.11. The monoisotopic (exact) mass is 424 g/mol. The van der Waals surface area contributed by atoms with Crippen molar-refractivity contribution in [1.29, 1.82) is 0 Å². The number of benzene rings is 2. The van der Waals surface area contributed by atoms with Crippen LogP contribution in [0.15, 0.2) is 47.4 Å². The predicted octanol–water partition coefficient (Wildman–Crippen LogP) is 3.49. The van der Waals surface area contributed by atoms with Crippen molar-refractivity contribution in [3.8, 4) is 5.75 Å². The summed E-state index contributed by atoms with van der Waals surface area (Å²) in [4.78, 5) is 12.5. The highest BCUT2D eigenvalue weighted by molar-refractivity contribution is 7.89. The van der Waals surface area contributed by atoms with Gasteiger partial charge in [-0.25, -0.2) is 8.42 Å². The number of amides is 1. The molecule has 2 aromatic rings. The van der Waals surface area contributed by atoms with Gasteiger partial charge in [0.1, 0.15) is 12.4 Å². The van der Waals surface area contributed by atoms with Crippen LogP contribution in [-0.2, 0) is 10.0 Å². The Labute approximate surface area is 171 Å². The van der Waals surface area contributed by atoms with E-state index in [1.165, 1.54) is 29.6 Å². The fourth-order valence-electron chi connectivity index (χ4n) is 2.35. The minimum atomic E-state index is -3.71. The Morgan fingerprint density at radius 3 is 2.43 bits per heavy atom. The molecule has 0 bridgehead atoms. The molecule has 0 unspecified atom stereocenters. The summed E-state index contributed by atoms with van der Waals surface area (Å²) in [5, 5.41) is 2.88. The van der Waals surface area contributed by atoms with Gasteiger partial charge in [0.25, 0.3) is 5.91 Å². The first-order valence-electron chi connectivity index (χ1n) is 8.88. The van der Waals surface area contributed by atoms with E-state index in [1.807, 2.05) is 31.2 Å². The van der Waals surface area contributed by atoms with E-state index in [1.54, 1.807) is 13.8 Å². The van der Waals surface area contributed by atoms with Crippen molar-refractivity contribution in [3.63, 3.8) is 0 Å². The molecule has 0 atom stereocenters. The second-order valence-electron chi connectivity index (χ2n) is 6.67. The van der Waals surface area contributed by atoms with E-state index in [2.05, 4.69) is 5.32 Å². The molecule has 0 aliphatic heterocycles. The molecule has 1 amide bonds. The van der Waals surface area contributed by atoms with E-state index in [-0.39, 0.29) is 34.7 Å². The molecule has 8 heteroatoms. The van der Waals surface area contributed by atoms with E-state index in [9.17, 15) is 13.2 Å². The number of carbonyl (C=O) groups excluding carboxylic acids is 1. The molecule has 0 heterocycles. The second kappa shape index (κ2) is 9.41. The maximum absolute atomic E-state index is 12.6. The van der Waals surface area contributed by atoms with E-state index in [4.69, 9.17) is 16.3 Å². The van der Waals surface area contributed by atoms with E-state index >= 15 is 0 Å². The van der Waals surface area contributed by atoms with Crippen LogP contribution in [0.1, 0.15) is 29.8 Å². The smallest absolute Gasteiger partial charge is 0.252 e. The molecule has 0 aliphatic carbocycles. The summed E-state index contributed by atoms with van der Waals surface area (Å²) in [5.74, 6) is 0.254. The summed E-state index contributed by atoms with van der Waals surface area (Å²) in [6, 6.07) is 11.5. The van der Waals surface area contributed by atoms with Crippen molar-refractivity contribution < 1.29 is 17.9 Å². The summed E-state index contributed by atoms with van der Waals surface area (Å²) < 4.78 is 32.1. The quantitative estimate of drug-likeness (QED) is 0.658. The lowest BCUT2D eigenvalue weighted by molar-refractivity contribution is 0.0947. The standard InChI is InChI=1S/C20H25ClN2O4S/c1-14(2)23(4)28(25,26)17-9-10-19(21)18(13-17)20(24)22-11-12-27-16-7-5-15(3)6-8-16/h5-10,13-14H,11-12H2,1-4H3,(H,22,24). The zero-order valence-corrected chi connectivity index (χ0v) is 18.0. The van der Waals surface area contributed by atoms with Gasteiger partial charge in [0.05, 0.1) is 22.0 Å². The molecule has 0 spiro atoms. The largest absolute Gasteiger partial charge is 0.492 e. The molecule has 2 aromatic carbocycles. The average molecular weight is 425 g/mol. The van der Waals surface area contributed by atoms with E-state index in [0.717, 1.165) is 5.56 Å². The van der Waals surface area contributed by atoms with Crippen molar-refractivity contribution in [3.05, 3.63) is 58.6 Å². The molecule has 0 fully saturated rings. The molecule has 1 N–H and O–H groups in total. The SMILES string of the molecule is Cc1ccc(OCCNC(=O)c2cc(S(=O)(=O)N(C)C(C)C)ccc2Cl)cc1. The van der Waals surface area contributed by atoms with Crippen LogP contribution in [0.4, 0.5) is 0 Å². The van der Waals surface area contributed by atoms with Gasteiger partial charge < -0.3 is 10.1 Å². The maximum Gasteiger partial charge on any atom is 0.252 e. The number of nitrogens with one attached hydrogen (secondary N) is 1. The van der Waals surface area contributed by atoms with Gasteiger partial charge in [0.15, 0.2) is 0 Å². The Kier molecular flexibility index (Phi) is 7.46. The third kappa shape index (κ3) is 5.47. The van der Waals surface area contributed by atoms with Crippen LogP contribution in [0.5, 0.6) is 5.75 Å². The Bertz CT molecular complexity index is 928. The zero-order valence-electron chi connectivity index (χ0n) is 16.4. The number of sulfonamides is 1. The number of hydrogen-bond donors (Lipinski definition) is 1. The number of aryl methyl sites for hydroxylation is 1. The number of ether oxygens (including phenoxy) is 1. The van der Waals surface area contributed by atoms with Gasteiger partial charge in [-0.2, -0.15) is 4.31 Å². The highest BCUT2D eigenvalue weighted by atomic mass is 35.5. The molecule has 152 valence electrons. The maximum atomic E-state index is 12.6. The summed E-state index contributed by atoms with van der Waals surface area (Å²) in [6.45, 7) is 6.07. The molecule has 0 saturated carbocycles. The first-order valence-corrected chi connectivity index (χ1v) is 10.7. The zero-order chi connectivity index (χ0) is 20.9. The van der Waals surface area contributed by atoms with Crippen LogP contribution in [0.3, 0.4) is 0 Å². The van der Waals surface area contributed by atoms with Gasteiger partial charge in [-0.1, -0.05) is 29.3 Å². The highest BCUT2D eigenvalue weighted by Crippen LogP contribution is 2.23. The van der Waals surface area contributed by atoms with Crippen molar-refractivity contribution in [1.82, 2.24) is 9.62 Å². The topological polar surface area (TPSA) is 75.7 Å². The highest BCUT2D eigenvalue weighted by Gasteiger charge is 2.25. The summed E-state index contributed by atoms with van der Waals surface area (Å²) in [7, 11) is -2.21. The van der Waals surface area contributed by atoms with Crippen molar-refractivity contribution in [2.75, 3.05) is 20.2 Å².